The summed E-state index contributed by atoms with van der Waals surface area (Å²) in [6.45, 7) is 10.7. The van der Waals surface area contributed by atoms with Crippen molar-refractivity contribution < 1.29 is 13.9 Å². The lowest BCUT2D eigenvalue weighted by atomic mass is 10.1. The summed E-state index contributed by atoms with van der Waals surface area (Å²) in [7, 11) is 0. The molecule has 0 saturated carbocycles. The van der Waals surface area contributed by atoms with Gasteiger partial charge in [-0.3, -0.25) is 0 Å². The quantitative estimate of drug-likeness (QED) is 0.570. The van der Waals surface area contributed by atoms with Crippen LogP contribution in [0.5, 0.6) is 5.75 Å². The van der Waals surface area contributed by atoms with Crippen LogP contribution in [0, 0.1) is 20.8 Å². The van der Waals surface area contributed by atoms with Crippen LogP contribution in [0.25, 0.3) is 11.1 Å². The van der Waals surface area contributed by atoms with Crippen molar-refractivity contribution >= 4 is 16.9 Å². The molecule has 0 aliphatic rings. The molecule has 144 valence electrons. The third-order valence-electron chi connectivity index (χ3n) is 4.60. The first-order valence-corrected chi connectivity index (χ1v) is 9.34. The molecule has 0 spiro atoms. The van der Waals surface area contributed by atoms with E-state index in [2.05, 4.69) is 34.3 Å². The smallest absolute Gasteiger partial charge is 0.231 e. The Balaban J connectivity index is 1.55. The van der Waals surface area contributed by atoms with Crippen LogP contribution in [0.1, 0.15) is 29.4 Å². The number of nitrogens with one attached hydrogen (secondary N) is 1. The number of anilines is 1. The van der Waals surface area contributed by atoms with Gasteiger partial charge in [-0.25, -0.2) is 9.97 Å². The molecule has 0 saturated heterocycles. The zero-order chi connectivity index (χ0) is 19.2. The molecule has 6 heteroatoms. The highest BCUT2D eigenvalue weighted by atomic mass is 16.5. The van der Waals surface area contributed by atoms with Crippen molar-refractivity contribution in [3.05, 3.63) is 47.0 Å². The van der Waals surface area contributed by atoms with Crippen molar-refractivity contribution in [1.29, 1.82) is 0 Å². The van der Waals surface area contributed by atoms with Crippen molar-refractivity contribution in [3.8, 4) is 5.75 Å². The van der Waals surface area contributed by atoms with Gasteiger partial charge in [0.15, 0.2) is 0 Å². The van der Waals surface area contributed by atoms with Gasteiger partial charge in [0.2, 0.25) is 5.71 Å². The topological polar surface area (TPSA) is 69.4 Å². The average molecular weight is 369 g/mol. The second-order valence-corrected chi connectivity index (χ2v) is 6.51. The van der Waals surface area contributed by atoms with Crippen molar-refractivity contribution in [2.75, 3.05) is 31.7 Å². The lowest BCUT2D eigenvalue weighted by Crippen LogP contribution is -2.13. The monoisotopic (exact) mass is 369 g/mol. The number of ether oxygens (including phenoxy) is 2. The van der Waals surface area contributed by atoms with Crippen molar-refractivity contribution in [1.82, 2.24) is 9.97 Å². The third kappa shape index (κ3) is 4.57. The first-order chi connectivity index (χ1) is 13.1. The molecule has 0 unspecified atom stereocenters. The predicted molar refractivity (Wildman–Crippen MR) is 107 cm³/mol. The van der Waals surface area contributed by atoms with Gasteiger partial charge >= 0.3 is 0 Å². The number of hydrogen-bond acceptors (Lipinski definition) is 6. The maximum atomic E-state index is 5.93. The number of nitrogens with zero attached hydrogens (tertiary/aromatic N) is 2. The maximum absolute atomic E-state index is 5.93. The highest BCUT2D eigenvalue weighted by molar-refractivity contribution is 5.89. The van der Waals surface area contributed by atoms with E-state index in [-0.39, 0.29) is 0 Å². The minimum Gasteiger partial charge on any atom is -0.491 e. The van der Waals surface area contributed by atoms with Crippen molar-refractivity contribution in [2.45, 2.75) is 34.1 Å². The Hall–Kier alpha value is -2.60. The average Bonchev–Trinajstić information content (AvgIpc) is 2.95. The number of benzene rings is 1. The third-order valence-corrected chi connectivity index (χ3v) is 4.60. The second-order valence-electron chi connectivity index (χ2n) is 6.51. The number of fused-ring (bicyclic) bond motifs is 1. The lowest BCUT2D eigenvalue weighted by molar-refractivity contribution is 0.151. The van der Waals surface area contributed by atoms with Crippen LogP contribution >= 0.6 is 0 Å². The van der Waals surface area contributed by atoms with Crippen LogP contribution in [0.15, 0.2) is 28.9 Å². The molecule has 3 rings (SSSR count). The molecule has 1 aromatic carbocycles. The molecule has 27 heavy (non-hydrogen) atoms. The predicted octanol–water partition coefficient (Wildman–Crippen LogP) is 4.22. The molecule has 0 fully saturated rings. The van der Waals surface area contributed by atoms with Crippen LogP contribution in [0.3, 0.4) is 0 Å². The summed E-state index contributed by atoms with van der Waals surface area (Å²) in [5.41, 5.74) is 4.07. The van der Waals surface area contributed by atoms with Gasteiger partial charge in [-0.15, -0.1) is 0 Å². The van der Waals surface area contributed by atoms with E-state index in [1.54, 1.807) is 0 Å². The summed E-state index contributed by atoms with van der Waals surface area (Å²) < 4.78 is 17.0. The Morgan fingerprint density at radius 3 is 2.74 bits per heavy atom. The molecule has 2 heterocycles. The van der Waals surface area contributed by atoms with Crippen molar-refractivity contribution in [3.63, 3.8) is 0 Å². The number of aryl methyl sites for hydroxylation is 3. The van der Waals surface area contributed by atoms with Crippen LogP contribution in [0.2, 0.25) is 0 Å². The molecule has 0 bridgehead atoms. The molecule has 0 amide bonds. The minimum atomic E-state index is 0.542. The Bertz CT molecular complexity index is 905. The highest BCUT2D eigenvalue weighted by Crippen LogP contribution is 2.27. The Labute approximate surface area is 159 Å². The summed E-state index contributed by atoms with van der Waals surface area (Å²) in [4.78, 5) is 8.53. The van der Waals surface area contributed by atoms with Gasteiger partial charge in [-0.1, -0.05) is 12.1 Å². The number of aromatic nitrogens is 2. The largest absolute Gasteiger partial charge is 0.491 e. The maximum Gasteiger partial charge on any atom is 0.231 e. The number of furan rings is 1. The van der Waals surface area contributed by atoms with Gasteiger partial charge in [0.25, 0.3) is 0 Å². The molecule has 0 atom stereocenters. The molecule has 0 aliphatic heterocycles. The zero-order valence-corrected chi connectivity index (χ0v) is 16.5. The van der Waals surface area contributed by atoms with E-state index < -0.39 is 0 Å². The fraction of sp³-hybridized carbons (Fsp3) is 0.429. The fourth-order valence-corrected chi connectivity index (χ4v) is 3.01. The zero-order valence-electron chi connectivity index (χ0n) is 16.5. The van der Waals surface area contributed by atoms with E-state index in [4.69, 9.17) is 13.9 Å². The van der Waals surface area contributed by atoms with Crippen molar-refractivity contribution in [2.24, 2.45) is 0 Å². The Morgan fingerprint density at radius 2 is 1.96 bits per heavy atom. The molecule has 1 N–H and O–H groups in total. The van der Waals surface area contributed by atoms with E-state index in [0.717, 1.165) is 53.5 Å². The molecular formula is C21H27N3O3. The normalized spacial score (nSPS) is 11.1. The van der Waals surface area contributed by atoms with Gasteiger partial charge in [-0.05, 0) is 51.3 Å². The summed E-state index contributed by atoms with van der Waals surface area (Å²) in [5, 5.41) is 4.26. The molecule has 3 aromatic rings. The van der Waals surface area contributed by atoms with E-state index in [9.17, 15) is 0 Å². The van der Waals surface area contributed by atoms with Gasteiger partial charge < -0.3 is 19.2 Å². The van der Waals surface area contributed by atoms with E-state index in [1.807, 2.05) is 26.8 Å². The van der Waals surface area contributed by atoms with Gasteiger partial charge in [0.1, 0.15) is 30.3 Å². The van der Waals surface area contributed by atoms with E-state index in [1.165, 1.54) is 11.9 Å². The van der Waals surface area contributed by atoms with E-state index >= 15 is 0 Å². The van der Waals surface area contributed by atoms with Gasteiger partial charge in [-0.2, -0.15) is 0 Å². The first-order valence-electron chi connectivity index (χ1n) is 9.34. The fourth-order valence-electron chi connectivity index (χ4n) is 3.01. The van der Waals surface area contributed by atoms with Crippen LogP contribution < -0.4 is 10.1 Å². The lowest BCUT2D eigenvalue weighted by Gasteiger charge is -2.12. The molecule has 0 radical (unpaired) electrons. The SMILES string of the molecule is CCOCCc1ccc(OCCNc2ncnc3oc(C)c(C)c23)c(C)c1. The molecule has 6 nitrogen and oxygen atoms in total. The molecule has 0 aliphatic carbocycles. The molecular weight excluding hydrogens is 342 g/mol. The highest BCUT2D eigenvalue weighted by Gasteiger charge is 2.13. The minimum absolute atomic E-state index is 0.542. The summed E-state index contributed by atoms with van der Waals surface area (Å²) >= 11 is 0. The second kappa shape index (κ2) is 8.86. The Morgan fingerprint density at radius 1 is 1.11 bits per heavy atom. The number of rotatable bonds is 9. The van der Waals surface area contributed by atoms with Crippen LogP contribution in [0.4, 0.5) is 5.82 Å². The molecule has 2 aromatic heterocycles. The summed E-state index contributed by atoms with van der Waals surface area (Å²) in [6.07, 6.45) is 2.43. The number of hydrogen-bond donors (Lipinski definition) is 1. The van der Waals surface area contributed by atoms with Crippen LogP contribution in [-0.4, -0.2) is 36.3 Å². The van der Waals surface area contributed by atoms with E-state index in [0.29, 0.717) is 18.9 Å². The standard InChI is InChI=1S/C21H27N3O3/c1-5-25-10-8-17-6-7-18(14(2)12-17)26-11-9-22-20-19-15(3)16(4)27-21(19)24-13-23-20/h6-7,12-13H,5,8-11H2,1-4H3,(H,22,23,24). The van der Waals surface area contributed by atoms with Crippen LogP contribution in [-0.2, 0) is 11.2 Å². The first kappa shape index (κ1) is 19.2. The summed E-state index contributed by atoms with van der Waals surface area (Å²) in [6, 6.07) is 6.29. The van der Waals surface area contributed by atoms with Gasteiger partial charge in [0, 0.05) is 12.2 Å². The Kier molecular flexibility index (Phi) is 6.29. The van der Waals surface area contributed by atoms with Gasteiger partial charge in [0.05, 0.1) is 18.5 Å². The summed E-state index contributed by atoms with van der Waals surface area (Å²) in [5.74, 6) is 2.55.